The molecule has 0 N–H and O–H groups in total. The van der Waals surface area contributed by atoms with Gasteiger partial charge in [0.2, 0.25) is 5.43 Å². The van der Waals surface area contributed by atoms with Crippen LogP contribution in [0.4, 0.5) is 0 Å². The Morgan fingerprint density at radius 1 is 1.15 bits per heavy atom. The van der Waals surface area contributed by atoms with Crippen LogP contribution in [0.3, 0.4) is 0 Å². The second-order valence-electron chi connectivity index (χ2n) is 6.24. The molecule has 0 radical (unpaired) electrons. The monoisotopic (exact) mass is 350 g/mol. The van der Waals surface area contributed by atoms with Gasteiger partial charge in [0, 0.05) is 26.8 Å². The van der Waals surface area contributed by atoms with Crippen molar-refractivity contribution in [3.63, 3.8) is 0 Å². The Balaban J connectivity index is 1.99. The predicted molar refractivity (Wildman–Crippen MR) is 103 cm³/mol. The van der Waals surface area contributed by atoms with Crippen molar-refractivity contribution in [3.8, 4) is 5.75 Å². The number of fused-ring (bicyclic) bond motifs is 1. The quantitative estimate of drug-likeness (QED) is 0.710. The summed E-state index contributed by atoms with van der Waals surface area (Å²) < 4.78 is 7.29. The second-order valence-corrected chi connectivity index (χ2v) is 6.24. The topological polar surface area (TPSA) is 51.5 Å². The van der Waals surface area contributed by atoms with Gasteiger partial charge in [-0.25, -0.2) is 0 Å². The van der Waals surface area contributed by atoms with Gasteiger partial charge in [-0.2, -0.15) is 0 Å². The zero-order valence-corrected chi connectivity index (χ0v) is 15.2. The molecular weight excluding hydrogens is 328 g/mol. The Morgan fingerprint density at radius 2 is 1.88 bits per heavy atom. The third-order valence-corrected chi connectivity index (χ3v) is 4.31. The summed E-state index contributed by atoms with van der Waals surface area (Å²) in [6, 6.07) is 15.1. The van der Waals surface area contributed by atoms with Gasteiger partial charge in [0.25, 0.3) is 5.91 Å². The van der Waals surface area contributed by atoms with Crippen molar-refractivity contribution >= 4 is 16.8 Å². The number of aromatic nitrogens is 1. The lowest BCUT2D eigenvalue weighted by molar-refractivity contribution is 0.0783. The van der Waals surface area contributed by atoms with Gasteiger partial charge >= 0.3 is 0 Å². The van der Waals surface area contributed by atoms with E-state index in [0.717, 1.165) is 11.1 Å². The number of ether oxygens (including phenoxy) is 1. The van der Waals surface area contributed by atoms with Crippen molar-refractivity contribution in [2.75, 3.05) is 13.7 Å². The predicted octanol–water partition coefficient (Wildman–Crippen LogP) is 3.21. The van der Waals surface area contributed by atoms with E-state index in [1.165, 1.54) is 0 Å². The molecule has 3 rings (SSSR count). The SMILES string of the molecule is CCOc1ccc2c(c1)c(=O)c(C(=O)N(C)Cc1ccccc1)cn2C. The fourth-order valence-corrected chi connectivity index (χ4v) is 3.01. The number of aryl methyl sites for hydroxylation is 1. The summed E-state index contributed by atoms with van der Waals surface area (Å²) >= 11 is 0. The molecule has 2 aromatic carbocycles. The number of carbonyl (C=O) groups excluding carboxylic acids is 1. The Kier molecular flexibility index (Phi) is 5.07. The highest BCUT2D eigenvalue weighted by atomic mass is 16.5. The number of hydrogen-bond donors (Lipinski definition) is 0. The summed E-state index contributed by atoms with van der Waals surface area (Å²) in [6.45, 7) is 2.85. The Morgan fingerprint density at radius 3 is 2.58 bits per heavy atom. The van der Waals surface area contributed by atoms with Crippen LogP contribution in [-0.4, -0.2) is 29.0 Å². The Bertz CT molecular complexity index is 993. The summed E-state index contributed by atoms with van der Waals surface area (Å²) in [5.41, 5.74) is 1.66. The molecule has 1 aromatic heterocycles. The van der Waals surface area contributed by atoms with Crippen molar-refractivity contribution in [1.29, 1.82) is 0 Å². The lowest BCUT2D eigenvalue weighted by Gasteiger charge is -2.18. The summed E-state index contributed by atoms with van der Waals surface area (Å²) in [7, 11) is 3.53. The van der Waals surface area contributed by atoms with E-state index in [1.807, 2.05) is 56.4 Å². The van der Waals surface area contributed by atoms with E-state index < -0.39 is 0 Å². The zero-order chi connectivity index (χ0) is 18.7. The first kappa shape index (κ1) is 17.7. The first-order valence-electron chi connectivity index (χ1n) is 8.57. The van der Waals surface area contributed by atoms with Gasteiger partial charge in [0.1, 0.15) is 11.3 Å². The van der Waals surface area contributed by atoms with Crippen LogP contribution in [0.1, 0.15) is 22.8 Å². The lowest BCUT2D eigenvalue weighted by Crippen LogP contribution is -2.31. The third kappa shape index (κ3) is 3.47. The lowest BCUT2D eigenvalue weighted by atomic mass is 10.1. The first-order chi connectivity index (χ1) is 12.5. The molecule has 0 unspecified atom stereocenters. The summed E-state index contributed by atoms with van der Waals surface area (Å²) in [5.74, 6) is 0.331. The first-order valence-corrected chi connectivity index (χ1v) is 8.57. The van der Waals surface area contributed by atoms with Crippen LogP contribution < -0.4 is 10.2 Å². The van der Waals surface area contributed by atoms with Crippen molar-refractivity contribution in [1.82, 2.24) is 9.47 Å². The molecule has 0 saturated carbocycles. The standard InChI is InChI=1S/C21H22N2O3/c1-4-26-16-10-11-19-17(12-16)20(24)18(14-22(19)2)21(25)23(3)13-15-8-6-5-7-9-15/h5-12,14H,4,13H2,1-3H3. The van der Waals surface area contributed by atoms with Crippen LogP contribution in [0, 0.1) is 0 Å². The highest BCUT2D eigenvalue weighted by Crippen LogP contribution is 2.19. The molecule has 0 aliphatic heterocycles. The number of carbonyl (C=O) groups is 1. The maximum Gasteiger partial charge on any atom is 0.259 e. The molecule has 0 fully saturated rings. The number of hydrogen-bond acceptors (Lipinski definition) is 3. The van der Waals surface area contributed by atoms with E-state index in [-0.39, 0.29) is 16.9 Å². The van der Waals surface area contributed by atoms with Crippen LogP contribution in [0.2, 0.25) is 0 Å². The molecule has 3 aromatic rings. The number of nitrogens with zero attached hydrogens (tertiary/aromatic N) is 2. The van der Waals surface area contributed by atoms with Crippen molar-refractivity contribution < 1.29 is 9.53 Å². The van der Waals surface area contributed by atoms with Gasteiger partial charge in [-0.3, -0.25) is 9.59 Å². The smallest absolute Gasteiger partial charge is 0.259 e. The van der Waals surface area contributed by atoms with Crippen molar-refractivity contribution in [3.05, 3.63) is 76.1 Å². The minimum Gasteiger partial charge on any atom is -0.494 e. The maximum atomic E-state index is 12.9. The van der Waals surface area contributed by atoms with Gasteiger partial charge in [0.15, 0.2) is 0 Å². The third-order valence-electron chi connectivity index (χ3n) is 4.31. The van der Waals surface area contributed by atoms with Crippen LogP contribution in [0.5, 0.6) is 5.75 Å². The largest absolute Gasteiger partial charge is 0.494 e. The molecule has 26 heavy (non-hydrogen) atoms. The fraction of sp³-hybridized carbons (Fsp3) is 0.238. The van der Waals surface area contributed by atoms with Crippen LogP contribution in [-0.2, 0) is 13.6 Å². The van der Waals surface area contributed by atoms with Gasteiger partial charge < -0.3 is 14.2 Å². The number of amides is 1. The second kappa shape index (κ2) is 7.44. The van der Waals surface area contributed by atoms with E-state index >= 15 is 0 Å². The highest BCUT2D eigenvalue weighted by molar-refractivity contribution is 5.97. The van der Waals surface area contributed by atoms with Crippen molar-refractivity contribution in [2.24, 2.45) is 7.05 Å². The molecular formula is C21H22N2O3. The van der Waals surface area contributed by atoms with Crippen LogP contribution in [0.15, 0.2) is 59.5 Å². The molecule has 0 spiro atoms. The average Bonchev–Trinajstić information content (AvgIpc) is 2.65. The number of benzene rings is 2. The van der Waals surface area contributed by atoms with E-state index in [9.17, 15) is 9.59 Å². The van der Waals surface area contributed by atoms with E-state index in [4.69, 9.17) is 4.74 Å². The maximum absolute atomic E-state index is 12.9. The average molecular weight is 350 g/mol. The molecule has 0 bridgehead atoms. The number of pyridine rings is 1. The molecule has 0 atom stereocenters. The van der Waals surface area contributed by atoms with E-state index in [2.05, 4.69) is 0 Å². The van der Waals surface area contributed by atoms with Gasteiger partial charge in [-0.1, -0.05) is 30.3 Å². The molecule has 1 heterocycles. The zero-order valence-electron chi connectivity index (χ0n) is 15.2. The molecule has 0 aliphatic carbocycles. The fourth-order valence-electron chi connectivity index (χ4n) is 3.01. The molecule has 1 amide bonds. The van der Waals surface area contributed by atoms with E-state index in [1.54, 1.807) is 28.8 Å². The summed E-state index contributed by atoms with van der Waals surface area (Å²) in [4.78, 5) is 27.3. The highest BCUT2D eigenvalue weighted by Gasteiger charge is 2.18. The number of rotatable bonds is 5. The molecule has 134 valence electrons. The van der Waals surface area contributed by atoms with E-state index in [0.29, 0.717) is 24.3 Å². The van der Waals surface area contributed by atoms with Crippen LogP contribution >= 0.6 is 0 Å². The van der Waals surface area contributed by atoms with Gasteiger partial charge in [-0.15, -0.1) is 0 Å². The Labute approximate surface area is 152 Å². The molecule has 0 saturated heterocycles. The van der Waals surface area contributed by atoms with Crippen molar-refractivity contribution in [2.45, 2.75) is 13.5 Å². The minimum absolute atomic E-state index is 0.159. The summed E-state index contributed by atoms with van der Waals surface area (Å²) in [6.07, 6.45) is 1.61. The molecule has 5 nitrogen and oxygen atoms in total. The van der Waals surface area contributed by atoms with Gasteiger partial charge in [-0.05, 0) is 30.7 Å². The normalized spacial score (nSPS) is 10.7. The molecule has 5 heteroatoms. The Hall–Kier alpha value is -3.08. The minimum atomic E-state index is -0.293. The molecule has 0 aliphatic rings. The summed E-state index contributed by atoms with van der Waals surface area (Å²) in [5, 5.41) is 0.484. The van der Waals surface area contributed by atoms with Crippen LogP contribution in [0.25, 0.3) is 10.9 Å². The van der Waals surface area contributed by atoms with Gasteiger partial charge in [0.05, 0.1) is 17.5 Å².